The number of benzene rings is 1. The Morgan fingerprint density at radius 3 is 2.67 bits per heavy atom. The highest BCUT2D eigenvalue weighted by Crippen LogP contribution is 2.24. The molecule has 5 nitrogen and oxygen atoms in total. The van der Waals surface area contributed by atoms with Crippen LogP contribution in [0.4, 0.5) is 0 Å². The maximum atomic E-state index is 10.7. The molecule has 0 aliphatic rings. The summed E-state index contributed by atoms with van der Waals surface area (Å²) in [4.78, 5) is 21.3. The number of fused-ring (bicyclic) bond motifs is 1. The molecule has 6 heteroatoms. The third-order valence-corrected chi connectivity index (χ3v) is 2.30. The van der Waals surface area contributed by atoms with E-state index in [1.165, 1.54) is 18.2 Å². The molecule has 1 N–H and O–H groups in total. The second-order valence-corrected chi connectivity index (χ2v) is 3.30. The fraction of sp³-hybridized carbons (Fsp3) is 0.111. The first-order valence-electron chi connectivity index (χ1n) is 3.98. The van der Waals surface area contributed by atoms with Gasteiger partial charge in [-0.15, -0.1) is 11.6 Å². The van der Waals surface area contributed by atoms with E-state index in [1.54, 1.807) is 0 Å². The van der Waals surface area contributed by atoms with E-state index in [-0.39, 0.29) is 11.2 Å². The van der Waals surface area contributed by atoms with Crippen LogP contribution in [0.3, 0.4) is 0 Å². The van der Waals surface area contributed by atoms with Crippen LogP contribution in [-0.2, 0) is 4.79 Å². The number of rotatable bonds is 2. The number of alkyl halides is 1. The monoisotopic (exact) mass is 228 g/mol. The van der Waals surface area contributed by atoms with Gasteiger partial charge in [-0.25, -0.2) is 4.79 Å². The van der Waals surface area contributed by atoms with Crippen molar-refractivity contribution in [3.8, 4) is 0 Å². The highest BCUT2D eigenvalue weighted by atomic mass is 35.5. The van der Waals surface area contributed by atoms with Crippen molar-refractivity contribution in [2.24, 2.45) is 0 Å². The van der Waals surface area contributed by atoms with E-state index in [1.807, 2.05) is 0 Å². The Morgan fingerprint density at radius 2 is 2.00 bits per heavy atom. The SMILES string of the molecule is O=C(O)C(Cl)c1ccc2oc(=O)oc2c1. The Balaban J connectivity index is 2.55. The molecule has 1 aromatic carbocycles. The van der Waals surface area contributed by atoms with Crippen LogP contribution in [0.1, 0.15) is 10.9 Å². The van der Waals surface area contributed by atoms with Crippen molar-refractivity contribution in [3.63, 3.8) is 0 Å². The van der Waals surface area contributed by atoms with E-state index in [0.717, 1.165) is 0 Å². The number of hydrogen-bond acceptors (Lipinski definition) is 4. The third-order valence-electron chi connectivity index (χ3n) is 1.86. The van der Waals surface area contributed by atoms with Gasteiger partial charge in [-0.1, -0.05) is 6.07 Å². The maximum absolute atomic E-state index is 10.7. The predicted molar refractivity (Wildman–Crippen MR) is 51.0 cm³/mol. The summed E-state index contributed by atoms with van der Waals surface area (Å²) in [6.45, 7) is 0. The van der Waals surface area contributed by atoms with Crippen LogP contribution in [0.2, 0.25) is 0 Å². The minimum Gasteiger partial charge on any atom is -0.480 e. The largest absolute Gasteiger partial charge is 0.519 e. The summed E-state index contributed by atoms with van der Waals surface area (Å²) in [5.41, 5.74) is 0.781. The van der Waals surface area contributed by atoms with E-state index in [2.05, 4.69) is 8.83 Å². The summed E-state index contributed by atoms with van der Waals surface area (Å²) in [5.74, 6) is -1.99. The number of hydrogen-bond donors (Lipinski definition) is 1. The van der Waals surface area contributed by atoms with Crippen LogP contribution < -0.4 is 5.82 Å². The lowest BCUT2D eigenvalue weighted by Crippen LogP contribution is -2.04. The number of carbonyl (C=O) groups is 1. The predicted octanol–water partition coefficient (Wildman–Crippen LogP) is 1.75. The number of carboxylic acids is 1. The van der Waals surface area contributed by atoms with Crippen molar-refractivity contribution in [2.45, 2.75) is 5.38 Å². The molecule has 0 radical (unpaired) electrons. The Kier molecular flexibility index (Phi) is 2.24. The topological polar surface area (TPSA) is 80.6 Å². The first-order chi connectivity index (χ1) is 7.08. The molecule has 1 atom stereocenters. The normalized spacial score (nSPS) is 12.9. The van der Waals surface area contributed by atoms with Gasteiger partial charge in [0.15, 0.2) is 16.5 Å². The van der Waals surface area contributed by atoms with Crippen LogP contribution in [0.25, 0.3) is 11.2 Å². The van der Waals surface area contributed by atoms with Gasteiger partial charge < -0.3 is 13.9 Å². The molecule has 1 aromatic heterocycles. The molecule has 0 aliphatic carbocycles. The van der Waals surface area contributed by atoms with E-state index in [4.69, 9.17) is 16.7 Å². The van der Waals surface area contributed by atoms with E-state index >= 15 is 0 Å². The van der Waals surface area contributed by atoms with E-state index in [9.17, 15) is 9.59 Å². The van der Waals surface area contributed by atoms with Crippen LogP contribution in [-0.4, -0.2) is 11.1 Å². The summed E-state index contributed by atoms with van der Waals surface area (Å²) in [6.07, 6.45) is 0. The summed E-state index contributed by atoms with van der Waals surface area (Å²) in [6, 6.07) is 4.27. The molecule has 15 heavy (non-hydrogen) atoms. The van der Waals surface area contributed by atoms with Gasteiger partial charge in [0.05, 0.1) is 0 Å². The average Bonchev–Trinajstić information content (AvgIpc) is 2.55. The molecule has 1 heterocycles. The van der Waals surface area contributed by atoms with Gasteiger partial charge >= 0.3 is 11.8 Å². The van der Waals surface area contributed by atoms with Crippen molar-refractivity contribution < 1.29 is 18.7 Å². The molecule has 78 valence electrons. The van der Waals surface area contributed by atoms with Gasteiger partial charge in [0.25, 0.3) is 0 Å². The second-order valence-electron chi connectivity index (χ2n) is 2.86. The highest BCUT2D eigenvalue weighted by Gasteiger charge is 2.17. The van der Waals surface area contributed by atoms with Crippen LogP contribution in [0.5, 0.6) is 0 Å². The van der Waals surface area contributed by atoms with Crippen LogP contribution in [0, 0.1) is 0 Å². The summed E-state index contributed by atoms with van der Waals surface area (Å²) < 4.78 is 9.32. The molecule has 2 aromatic rings. The third kappa shape index (κ3) is 1.73. The Labute approximate surface area is 87.9 Å². The summed E-state index contributed by atoms with van der Waals surface area (Å²) in [7, 11) is 0. The number of aliphatic carboxylic acids is 1. The van der Waals surface area contributed by atoms with E-state index in [0.29, 0.717) is 5.56 Å². The van der Waals surface area contributed by atoms with Gasteiger partial charge in [0.1, 0.15) is 0 Å². The quantitative estimate of drug-likeness (QED) is 0.792. The van der Waals surface area contributed by atoms with Crippen molar-refractivity contribution in [2.75, 3.05) is 0 Å². The molecule has 0 saturated carbocycles. The van der Waals surface area contributed by atoms with Gasteiger partial charge in [-0.3, -0.25) is 4.79 Å². The first-order valence-corrected chi connectivity index (χ1v) is 4.42. The Hall–Kier alpha value is -1.75. The molecule has 0 spiro atoms. The van der Waals surface area contributed by atoms with Gasteiger partial charge in [0.2, 0.25) is 0 Å². The zero-order chi connectivity index (χ0) is 11.0. The smallest absolute Gasteiger partial charge is 0.480 e. The number of halogens is 1. The Bertz CT molecular complexity index is 567. The van der Waals surface area contributed by atoms with Crippen molar-refractivity contribution >= 4 is 28.7 Å². The van der Waals surface area contributed by atoms with Gasteiger partial charge in [0, 0.05) is 0 Å². The summed E-state index contributed by atoms with van der Waals surface area (Å²) >= 11 is 5.60. The van der Waals surface area contributed by atoms with Gasteiger partial charge in [-0.05, 0) is 17.7 Å². The molecular formula is C9H5ClO5. The van der Waals surface area contributed by atoms with Crippen molar-refractivity contribution in [1.29, 1.82) is 0 Å². The standard InChI is InChI=1S/C9H5ClO5/c10-7(8(11)12)4-1-2-5-6(3-4)15-9(13)14-5/h1-3,7H,(H,11,12). The molecule has 1 unspecified atom stereocenters. The fourth-order valence-electron chi connectivity index (χ4n) is 1.19. The molecule has 0 saturated heterocycles. The zero-order valence-electron chi connectivity index (χ0n) is 7.27. The molecular weight excluding hydrogens is 224 g/mol. The fourth-order valence-corrected chi connectivity index (χ4v) is 1.33. The molecule has 0 amide bonds. The van der Waals surface area contributed by atoms with Crippen molar-refractivity contribution in [3.05, 3.63) is 34.4 Å². The van der Waals surface area contributed by atoms with Crippen LogP contribution in [0.15, 0.2) is 31.8 Å². The zero-order valence-corrected chi connectivity index (χ0v) is 8.02. The second kappa shape index (κ2) is 3.43. The summed E-state index contributed by atoms with van der Waals surface area (Å²) in [5, 5.41) is 7.49. The molecule has 0 bridgehead atoms. The minimum atomic E-state index is -1.17. The molecule has 2 rings (SSSR count). The number of carboxylic acid groups (broad SMARTS) is 1. The molecule has 0 fully saturated rings. The van der Waals surface area contributed by atoms with E-state index < -0.39 is 17.2 Å². The molecule has 0 aliphatic heterocycles. The maximum Gasteiger partial charge on any atom is 0.519 e. The first kappa shape index (κ1) is 9.79. The van der Waals surface area contributed by atoms with Crippen LogP contribution >= 0.6 is 11.6 Å². The lowest BCUT2D eigenvalue weighted by Gasteiger charge is -2.02. The Morgan fingerprint density at radius 1 is 1.33 bits per heavy atom. The average molecular weight is 229 g/mol. The lowest BCUT2D eigenvalue weighted by atomic mass is 10.1. The van der Waals surface area contributed by atoms with Gasteiger partial charge in [-0.2, -0.15) is 0 Å². The van der Waals surface area contributed by atoms with Crippen molar-refractivity contribution in [1.82, 2.24) is 0 Å². The highest BCUT2D eigenvalue weighted by molar-refractivity contribution is 6.29. The minimum absolute atomic E-state index is 0.185. The lowest BCUT2D eigenvalue weighted by molar-refractivity contribution is -0.136.